The van der Waals surface area contributed by atoms with Gasteiger partial charge in [-0.25, -0.2) is 4.79 Å². The van der Waals surface area contributed by atoms with Crippen molar-refractivity contribution in [2.24, 2.45) is 10.2 Å². The van der Waals surface area contributed by atoms with E-state index >= 15 is 0 Å². The Morgan fingerprint density at radius 1 is 1.21 bits per heavy atom. The molecular formula is C20H17F3N4O. The summed E-state index contributed by atoms with van der Waals surface area (Å²) >= 11 is 0. The second-order valence-electron chi connectivity index (χ2n) is 6.83. The molecule has 1 aliphatic rings. The highest BCUT2D eigenvalue weighted by molar-refractivity contribution is 5.98. The van der Waals surface area contributed by atoms with E-state index in [0.29, 0.717) is 5.69 Å². The van der Waals surface area contributed by atoms with Gasteiger partial charge in [0.1, 0.15) is 0 Å². The average Bonchev–Trinajstić information content (AvgIpc) is 3.29. The van der Waals surface area contributed by atoms with E-state index in [2.05, 4.69) is 10.2 Å². The number of aromatic nitrogens is 2. The van der Waals surface area contributed by atoms with Crippen LogP contribution in [0, 0.1) is 0 Å². The molecule has 3 heterocycles. The number of alkyl halides is 3. The highest BCUT2D eigenvalue weighted by Gasteiger charge is 2.33. The van der Waals surface area contributed by atoms with E-state index in [9.17, 15) is 18.0 Å². The fraction of sp³-hybridized carbons (Fsp3) is 0.250. The first kappa shape index (κ1) is 18.2. The van der Waals surface area contributed by atoms with Crippen LogP contribution >= 0.6 is 0 Å². The molecule has 0 saturated heterocycles. The molecule has 0 radical (unpaired) electrons. The summed E-state index contributed by atoms with van der Waals surface area (Å²) in [7, 11) is 0. The SMILES string of the molecule is C[C@H](CC1=NN=CC1)c1cccc(-n2cc3c(C(F)(F)F)cccn3c2=O)c1. The molecule has 4 rings (SSSR count). The maximum atomic E-state index is 13.3. The van der Waals surface area contributed by atoms with Crippen LogP contribution in [0.25, 0.3) is 11.2 Å². The van der Waals surface area contributed by atoms with Crippen molar-refractivity contribution in [2.45, 2.75) is 31.9 Å². The molecule has 0 saturated carbocycles. The molecular weight excluding hydrogens is 369 g/mol. The van der Waals surface area contributed by atoms with Crippen molar-refractivity contribution < 1.29 is 13.2 Å². The Labute approximate surface area is 158 Å². The molecule has 0 N–H and O–H groups in total. The number of pyridine rings is 1. The number of hydrogen-bond acceptors (Lipinski definition) is 3. The van der Waals surface area contributed by atoms with Crippen LogP contribution in [-0.2, 0) is 6.18 Å². The minimum Gasteiger partial charge on any atom is -0.267 e. The van der Waals surface area contributed by atoms with Gasteiger partial charge in [0.25, 0.3) is 0 Å². The Hall–Kier alpha value is -3.16. The maximum Gasteiger partial charge on any atom is 0.418 e. The van der Waals surface area contributed by atoms with Gasteiger partial charge in [0, 0.05) is 30.7 Å². The van der Waals surface area contributed by atoms with Crippen LogP contribution in [0.3, 0.4) is 0 Å². The second kappa shape index (κ2) is 6.78. The zero-order chi connectivity index (χ0) is 19.9. The van der Waals surface area contributed by atoms with E-state index in [4.69, 9.17) is 0 Å². The third kappa shape index (κ3) is 3.26. The first-order valence-electron chi connectivity index (χ1n) is 8.82. The molecule has 1 aromatic carbocycles. The Morgan fingerprint density at radius 2 is 2.04 bits per heavy atom. The Kier molecular flexibility index (Phi) is 4.41. The van der Waals surface area contributed by atoms with Crippen LogP contribution in [0.1, 0.15) is 36.8 Å². The zero-order valence-corrected chi connectivity index (χ0v) is 15.0. The molecule has 5 nitrogen and oxygen atoms in total. The molecule has 0 fully saturated rings. The molecule has 0 bridgehead atoms. The molecule has 3 aromatic rings. The average molecular weight is 386 g/mol. The number of benzene rings is 1. The highest BCUT2D eigenvalue weighted by atomic mass is 19.4. The predicted octanol–water partition coefficient (Wildman–Crippen LogP) is 4.43. The van der Waals surface area contributed by atoms with Crippen molar-refractivity contribution in [3.8, 4) is 5.69 Å². The molecule has 0 spiro atoms. The van der Waals surface area contributed by atoms with Crippen molar-refractivity contribution in [3.05, 3.63) is 70.4 Å². The van der Waals surface area contributed by atoms with E-state index in [1.165, 1.54) is 23.0 Å². The van der Waals surface area contributed by atoms with Gasteiger partial charge >= 0.3 is 11.9 Å². The van der Waals surface area contributed by atoms with Gasteiger partial charge in [-0.15, -0.1) is 0 Å². The fourth-order valence-corrected chi connectivity index (χ4v) is 3.42. The number of nitrogens with zero attached hydrogens (tertiary/aromatic N) is 4. The van der Waals surface area contributed by atoms with Gasteiger partial charge in [-0.1, -0.05) is 19.1 Å². The summed E-state index contributed by atoms with van der Waals surface area (Å²) in [6.07, 6.45) is 1.26. The lowest BCUT2D eigenvalue weighted by Crippen LogP contribution is -2.19. The van der Waals surface area contributed by atoms with Crippen LogP contribution in [0.5, 0.6) is 0 Å². The van der Waals surface area contributed by atoms with Crippen molar-refractivity contribution in [3.63, 3.8) is 0 Å². The quantitative estimate of drug-likeness (QED) is 0.654. The number of fused-ring (bicyclic) bond motifs is 1. The summed E-state index contributed by atoms with van der Waals surface area (Å²) in [5.74, 6) is 0.138. The molecule has 28 heavy (non-hydrogen) atoms. The fourth-order valence-electron chi connectivity index (χ4n) is 3.42. The predicted molar refractivity (Wildman–Crippen MR) is 102 cm³/mol. The van der Waals surface area contributed by atoms with E-state index in [1.54, 1.807) is 18.3 Å². The van der Waals surface area contributed by atoms with Crippen LogP contribution < -0.4 is 5.69 Å². The standard InChI is InChI=1S/C20H17F3N4O/c1-13(10-15-7-8-24-25-15)14-4-2-5-16(11-14)27-12-18-17(20(21,22)23)6-3-9-26(18)19(27)28/h2-6,8-9,11-13H,7,10H2,1H3/t13-/m1/s1. The lowest BCUT2D eigenvalue weighted by atomic mass is 9.94. The van der Waals surface area contributed by atoms with E-state index < -0.39 is 17.4 Å². The minimum atomic E-state index is -4.54. The lowest BCUT2D eigenvalue weighted by molar-refractivity contribution is -0.136. The molecule has 0 aliphatic carbocycles. The van der Waals surface area contributed by atoms with Crippen LogP contribution in [0.15, 0.2) is 63.8 Å². The van der Waals surface area contributed by atoms with Crippen LogP contribution in [0.2, 0.25) is 0 Å². The summed E-state index contributed by atoms with van der Waals surface area (Å²) in [5, 5.41) is 7.94. The van der Waals surface area contributed by atoms with Crippen molar-refractivity contribution in [1.82, 2.24) is 8.97 Å². The number of halogens is 3. The topological polar surface area (TPSA) is 51.1 Å². The molecule has 1 atom stereocenters. The third-order valence-corrected chi connectivity index (χ3v) is 4.87. The smallest absolute Gasteiger partial charge is 0.267 e. The normalized spacial score (nSPS) is 15.2. The van der Waals surface area contributed by atoms with Gasteiger partial charge in [0.15, 0.2) is 0 Å². The summed E-state index contributed by atoms with van der Waals surface area (Å²) in [6, 6.07) is 9.47. The van der Waals surface area contributed by atoms with Gasteiger partial charge in [0.05, 0.1) is 16.8 Å². The molecule has 2 aromatic heterocycles. The first-order chi connectivity index (χ1) is 13.3. The van der Waals surface area contributed by atoms with Crippen LogP contribution in [0.4, 0.5) is 13.2 Å². The van der Waals surface area contributed by atoms with Crippen LogP contribution in [-0.4, -0.2) is 20.9 Å². The van der Waals surface area contributed by atoms with Gasteiger partial charge in [-0.05, 0) is 42.2 Å². The van der Waals surface area contributed by atoms with Gasteiger partial charge < -0.3 is 0 Å². The van der Waals surface area contributed by atoms with E-state index in [-0.39, 0.29) is 11.4 Å². The van der Waals surface area contributed by atoms with E-state index in [0.717, 1.165) is 34.6 Å². The lowest BCUT2D eigenvalue weighted by Gasteiger charge is -2.13. The van der Waals surface area contributed by atoms with Crippen molar-refractivity contribution in [2.75, 3.05) is 0 Å². The number of imidazole rings is 1. The molecule has 8 heteroatoms. The first-order valence-corrected chi connectivity index (χ1v) is 8.82. The maximum absolute atomic E-state index is 13.3. The van der Waals surface area contributed by atoms with Gasteiger partial charge in [-0.2, -0.15) is 23.4 Å². The van der Waals surface area contributed by atoms with Gasteiger partial charge in [0.2, 0.25) is 0 Å². The van der Waals surface area contributed by atoms with Crippen molar-refractivity contribution >= 4 is 17.4 Å². The Bertz CT molecular complexity index is 1150. The summed E-state index contributed by atoms with van der Waals surface area (Å²) in [5.41, 5.74) is 0.936. The molecule has 0 amide bonds. The summed E-state index contributed by atoms with van der Waals surface area (Å²) < 4.78 is 42.1. The highest BCUT2D eigenvalue weighted by Crippen LogP contribution is 2.32. The minimum absolute atomic E-state index is 0.138. The summed E-state index contributed by atoms with van der Waals surface area (Å²) in [4.78, 5) is 12.7. The largest absolute Gasteiger partial charge is 0.418 e. The summed E-state index contributed by atoms with van der Waals surface area (Å²) in [6.45, 7) is 2.04. The zero-order valence-electron chi connectivity index (χ0n) is 15.0. The van der Waals surface area contributed by atoms with E-state index in [1.807, 2.05) is 19.1 Å². The molecule has 0 unspecified atom stereocenters. The number of hydrogen-bond donors (Lipinski definition) is 0. The molecule has 1 aliphatic heterocycles. The third-order valence-electron chi connectivity index (χ3n) is 4.87. The molecule has 144 valence electrons. The Balaban J connectivity index is 1.74. The Morgan fingerprint density at radius 3 is 2.75 bits per heavy atom. The van der Waals surface area contributed by atoms with Crippen molar-refractivity contribution in [1.29, 1.82) is 0 Å². The second-order valence-corrected chi connectivity index (χ2v) is 6.83. The van der Waals surface area contributed by atoms with Gasteiger partial charge in [-0.3, -0.25) is 8.97 Å². The number of rotatable bonds is 4. The monoisotopic (exact) mass is 386 g/mol.